The molecule has 1 aromatic heterocycles. The zero-order valence-corrected chi connectivity index (χ0v) is 14.4. The Hall–Kier alpha value is -2.74. The number of carboxylic acids is 1. The third kappa shape index (κ3) is 3.43. The summed E-state index contributed by atoms with van der Waals surface area (Å²) in [5.41, 5.74) is 0.889. The lowest BCUT2D eigenvalue weighted by Crippen LogP contribution is -2.11. The number of anilines is 1. The number of aromatic carboxylic acids is 1. The minimum Gasteiger partial charge on any atom is -0.493 e. The lowest BCUT2D eigenvalue weighted by atomic mass is 10.1. The molecule has 0 radical (unpaired) electrons. The predicted molar refractivity (Wildman–Crippen MR) is 90.1 cm³/mol. The van der Waals surface area contributed by atoms with E-state index in [0.29, 0.717) is 33.4 Å². The molecule has 1 heterocycles. The number of methoxy groups -OCH3 is 3. The molecule has 2 aromatic rings. The molecule has 0 aliphatic carbocycles. The first-order valence-electron chi connectivity index (χ1n) is 6.86. The van der Waals surface area contributed by atoms with Crippen LogP contribution in [0.3, 0.4) is 0 Å². The van der Waals surface area contributed by atoms with Crippen LogP contribution in [0.1, 0.15) is 25.6 Å². The van der Waals surface area contributed by atoms with Crippen molar-refractivity contribution in [2.75, 3.05) is 26.6 Å². The second-order valence-electron chi connectivity index (χ2n) is 4.80. The summed E-state index contributed by atoms with van der Waals surface area (Å²) in [5.74, 6) is -0.332. The van der Waals surface area contributed by atoms with Gasteiger partial charge in [-0.2, -0.15) is 0 Å². The minimum atomic E-state index is -1.02. The molecule has 1 aromatic carbocycles. The number of carbonyl (C=O) groups is 2. The molecule has 0 saturated carbocycles. The van der Waals surface area contributed by atoms with E-state index in [2.05, 4.69) is 5.32 Å². The smallest absolute Gasteiger partial charge is 0.346 e. The number of ether oxygens (including phenoxy) is 3. The summed E-state index contributed by atoms with van der Waals surface area (Å²) in [7, 11) is 4.39. The van der Waals surface area contributed by atoms with Gasteiger partial charge in [0, 0.05) is 5.56 Å². The molecule has 0 saturated heterocycles. The summed E-state index contributed by atoms with van der Waals surface area (Å²) in [6.45, 7) is 1.68. The summed E-state index contributed by atoms with van der Waals surface area (Å²) in [4.78, 5) is 23.7. The maximum Gasteiger partial charge on any atom is 0.346 e. The molecule has 0 aliphatic rings. The Bertz CT molecular complexity index is 758. The van der Waals surface area contributed by atoms with Crippen molar-refractivity contribution in [3.05, 3.63) is 34.2 Å². The average Bonchev–Trinajstić information content (AvgIpc) is 2.93. The quantitative estimate of drug-likeness (QED) is 0.831. The topological polar surface area (TPSA) is 94.1 Å². The second kappa shape index (κ2) is 7.22. The third-order valence-electron chi connectivity index (χ3n) is 3.28. The number of benzene rings is 1. The Balaban J connectivity index is 2.33. The van der Waals surface area contributed by atoms with Gasteiger partial charge in [-0.15, -0.1) is 11.3 Å². The first kappa shape index (κ1) is 17.6. The standard InChI is InChI=1S/C16H17NO6S/c1-8-5-12(24-14(8)16(19)20)17-15(18)9-6-10(21-2)13(23-4)11(7-9)22-3/h5-7H,1-4H3,(H,17,18)(H,19,20). The lowest BCUT2D eigenvalue weighted by molar-refractivity contribution is 0.0701. The molecule has 0 spiro atoms. The van der Waals surface area contributed by atoms with Crippen LogP contribution in [-0.4, -0.2) is 38.3 Å². The molecule has 2 rings (SSSR count). The highest BCUT2D eigenvalue weighted by Crippen LogP contribution is 2.38. The molecule has 0 aliphatic heterocycles. The molecule has 128 valence electrons. The van der Waals surface area contributed by atoms with Crippen LogP contribution in [0.15, 0.2) is 18.2 Å². The number of hydrogen-bond donors (Lipinski definition) is 2. The highest BCUT2D eigenvalue weighted by atomic mass is 32.1. The van der Waals surface area contributed by atoms with Crippen molar-refractivity contribution >= 4 is 28.2 Å². The van der Waals surface area contributed by atoms with Gasteiger partial charge in [0.2, 0.25) is 5.75 Å². The normalized spacial score (nSPS) is 10.2. The van der Waals surface area contributed by atoms with Gasteiger partial charge in [0.25, 0.3) is 5.91 Å². The molecular formula is C16H17NO6S. The molecule has 1 amide bonds. The number of carbonyl (C=O) groups excluding carboxylic acids is 1. The average molecular weight is 351 g/mol. The van der Waals surface area contributed by atoms with Crippen LogP contribution in [0.4, 0.5) is 5.00 Å². The zero-order valence-electron chi connectivity index (χ0n) is 13.6. The molecule has 0 bridgehead atoms. The molecule has 8 heteroatoms. The van der Waals surface area contributed by atoms with Crippen molar-refractivity contribution in [1.82, 2.24) is 0 Å². The summed E-state index contributed by atoms with van der Waals surface area (Å²) in [6, 6.07) is 4.66. The zero-order chi connectivity index (χ0) is 17.9. The Morgan fingerprint density at radius 3 is 2.04 bits per heavy atom. The van der Waals surface area contributed by atoms with Gasteiger partial charge in [-0.05, 0) is 30.7 Å². The van der Waals surface area contributed by atoms with Gasteiger partial charge in [-0.1, -0.05) is 0 Å². The van der Waals surface area contributed by atoms with Crippen molar-refractivity contribution in [2.24, 2.45) is 0 Å². The van der Waals surface area contributed by atoms with Gasteiger partial charge in [-0.3, -0.25) is 4.79 Å². The van der Waals surface area contributed by atoms with Crippen LogP contribution in [0.2, 0.25) is 0 Å². The van der Waals surface area contributed by atoms with E-state index in [0.717, 1.165) is 11.3 Å². The van der Waals surface area contributed by atoms with Crippen LogP contribution < -0.4 is 19.5 Å². The number of rotatable bonds is 6. The number of aryl methyl sites for hydroxylation is 1. The van der Waals surface area contributed by atoms with Crippen LogP contribution in [0, 0.1) is 6.92 Å². The fourth-order valence-corrected chi connectivity index (χ4v) is 3.06. The second-order valence-corrected chi connectivity index (χ2v) is 5.85. The van der Waals surface area contributed by atoms with Gasteiger partial charge in [0.05, 0.1) is 26.3 Å². The Morgan fingerprint density at radius 2 is 1.62 bits per heavy atom. The summed E-state index contributed by atoms with van der Waals surface area (Å²) in [6.07, 6.45) is 0. The van der Waals surface area contributed by atoms with Crippen LogP contribution in [-0.2, 0) is 0 Å². The van der Waals surface area contributed by atoms with Crippen LogP contribution in [0.5, 0.6) is 17.2 Å². The van der Waals surface area contributed by atoms with Crippen LogP contribution >= 0.6 is 11.3 Å². The minimum absolute atomic E-state index is 0.190. The van der Waals surface area contributed by atoms with Gasteiger partial charge >= 0.3 is 5.97 Å². The molecule has 2 N–H and O–H groups in total. The highest BCUT2D eigenvalue weighted by Gasteiger charge is 2.19. The highest BCUT2D eigenvalue weighted by molar-refractivity contribution is 7.18. The lowest BCUT2D eigenvalue weighted by Gasteiger charge is -2.13. The molecule has 0 fully saturated rings. The molecular weight excluding hydrogens is 334 g/mol. The van der Waals surface area contributed by atoms with E-state index >= 15 is 0 Å². The van der Waals surface area contributed by atoms with E-state index in [-0.39, 0.29) is 4.88 Å². The monoisotopic (exact) mass is 351 g/mol. The van der Waals surface area contributed by atoms with E-state index in [1.807, 2.05) is 0 Å². The third-order valence-corrected chi connectivity index (χ3v) is 4.42. The fraction of sp³-hybridized carbons (Fsp3) is 0.250. The molecule has 24 heavy (non-hydrogen) atoms. The van der Waals surface area contributed by atoms with Gasteiger partial charge in [0.1, 0.15) is 4.88 Å². The number of thiophene rings is 1. The van der Waals surface area contributed by atoms with Gasteiger partial charge in [-0.25, -0.2) is 4.79 Å². The predicted octanol–water partition coefficient (Wildman–Crippen LogP) is 3.03. The molecule has 0 unspecified atom stereocenters. The summed E-state index contributed by atoms with van der Waals surface area (Å²) < 4.78 is 15.6. The fourth-order valence-electron chi connectivity index (χ4n) is 2.15. The van der Waals surface area contributed by atoms with Crippen molar-refractivity contribution in [2.45, 2.75) is 6.92 Å². The van der Waals surface area contributed by atoms with E-state index in [4.69, 9.17) is 19.3 Å². The largest absolute Gasteiger partial charge is 0.493 e. The first-order chi connectivity index (χ1) is 11.4. The number of nitrogens with one attached hydrogen (secondary N) is 1. The van der Waals surface area contributed by atoms with Gasteiger partial charge in [0.15, 0.2) is 11.5 Å². The van der Waals surface area contributed by atoms with Crippen LogP contribution in [0.25, 0.3) is 0 Å². The van der Waals surface area contributed by atoms with Gasteiger partial charge < -0.3 is 24.6 Å². The van der Waals surface area contributed by atoms with E-state index < -0.39 is 11.9 Å². The van der Waals surface area contributed by atoms with E-state index in [1.165, 1.54) is 33.5 Å². The SMILES string of the molecule is COc1cc(C(=O)Nc2cc(C)c(C(=O)O)s2)cc(OC)c1OC. The maximum atomic E-state index is 12.4. The Morgan fingerprint density at radius 1 is 1.04 bits per heavy atom. The van der Waals surface area contributed by atoms with Crippen molar-refractivity contribution in [1.29, 1.82) is 0 Å². The molecule has 0 atom stereocenters. The Kier molecular flexibility index (Phi) is 5.30. The number of carboxylic acid groups (broad SMARTS) is 1. The van der Waals surface area contributed by atoms with Crippen molar-refractivity contribution < 1.29 is 28.9 Å². The number of amides is 1. The summed E-state index contributed by atoms with van der Waals surface area (Å²) in [5, 5.41) is 12.2. The summed E-state index contributed by atoms with van der Waals surface area (Å²) >= 11 is 0.999. The van der Waals surface area contributed by atoms with E-state index in [9.17, 15) is 9.59 Å². The van der Waals surface area contributed by atoms with Crippen molar-refractivity contribution in [3.63, 3.8) is 0 Å². The first-order valence-corrected chi connectivity index (χ1v) is 7.68. The maximum absolute atomic E-state index is 12.4. The van der Waals surface area contributed by atoms with E-state index in [1.54, 1.807) is 13.0 Å². The number of hydrogen-bond acceptors (Lipinski definition) is 6. The van der Waals surface area contributed by atoms with Crippen molar-refractivity contribution in [3.8, 4) is 17.2 Å². The Labute approximate surface area is 142 Å². The molecule has 7 nitrogen and oxygen atoms in total.